The maximum absolute atomic E-state index is 10.0. The highest BCUT2D eigenvalue weighted by Crippen LogP contribution is 2.38. The lowest BCUT2D eigenvalue weighted by Gasteiger charge is -2.19. The molecule has 4 rings (SSSR count). The third kappa shape index (κ3) is 2.95. The summed E-state index contributed by atoms with van der Waals surface area (Å²) in [6.07, 6.45) is 3.83. The van der Waals surface area contributed by atoms with E-state index < -0.39 is 6.48 Å². The van der Waals surface area contributed by atoms with E-state index >= 15 is 0 Å². The summed E-state index contributed by atoms with van der Waals surface area (Å²) >= 11 is 0. The van der Waals surface area contributed by atoms with Crippen molar-refractivity contribution in [1.82, 2.24) is 0 Å². The third-order valence-corrected chi connectivity index (χ3v) is 4.34. The molecule has 0 radical (unpaired) electrons. The Hall–Kier alpha value is -2.88. The molecular weight excluding hydrogens is 312 g/mol. The van der Waals surface area contributed by atoms with Gasteiger partial charge in [-0.1, -0.05) is 73.3 Å². The Morgan fingerprint density at radius 2 is 1.76 bits per heavy atom. The van der Waals surface area contributed by atoms with Crippen molar-refractivity contribution in [2.75, 3.05) is 6.61 Å². The zero-order chi connectivity index (χ0) is 17.2. The maximum Gasteiger partial charge on any atom is 0.313 e. The van der Waals surface area contributed by atoms with Crippen molar-refractivity contribution in [3.8, 4) is 5.75 Å². The van der Waals surface area contributed by atoms with Gasteiger partial charge in [0.05, 0.1) is 6.61 Å². The molecule has 1 aliphatic heterocycles. The normalized spacial score (nSPS) is 18.6. The van der Waals surface area contributed by atoms with Gasteiger partial charge in [0.25, 0.3) is 0 Å². The predicted octanol–water partition coefficient (Wildman–Crippen LogP) is 4.60. The molecule has 1 atom stereocenters. The quantitative estimate of drug-likeness (QED) is 0.655. The van der Waals surface area contributed by atoms with E-state index in [1.807, 2.05) is 72.8 Å². The van der Waals surface area contributed by atoms with Gasteiger partial charge >= 0.3 is 6.48 Å². The van der Waals surface area contributed by atoms with Crippen molar-refractivity contribution < 1.29 is 14.6 Å². The first-order chi connectivity index (χ1) is 12.2. The minimum atomic E-state index is -1.33. The average molecular weight is 330 g/mol. The minimum absolute atomic E-state index is 0.255. The SMILES string of the molecule is C=C1c2ccccc2/C=C\COC(O)Oc2ccc3ccccc3c21. The first-order valence-corrected chi connectivity index (χ1v) is 8.17. The Morgan fingerprint density at radius 3 is 2.68 bits per heavy atom. The molecule has 1 aliphatic rings. The molecule has 25 heavy (non-hydrogen) atoms. The van der Waals surface area contributed by atoms with Gasteiger partial charge < -0.3 is 14.6 Å². The van der Waals surface area contributed by atoms with Crippen LogP contribution in [-0.4, -0.2) is 18.2 Å². The van der Waals surface area contributed by atoms with Crippen LogP contribution in [0, 0.1) is 0 Å². The summed E-state index contributed by atoms with van der Waals surface area (Å²) in [6.45, 7) is 3.26. The van der Waals surface area contributed by atoms with E-state index in [-0.39, 0.29) is 6.61 Å². The van der Waals surface area contributed by atoms with Crippen LogP contribution < -0.4 is 4.74 Å². The van der Waals surface area contributed by atoms with Crippen LogP contribution in [0.4, 0.5) is 0 Å². The number of aliphatic hydroxyl groups is 1. The second kappa shape index (κ2) is 6.55. The van der Waals surface area contributed by atoms with Gasteiger partial charge in [0.2, 0.25) is 0 Å². The summed E-state index contributed by atoms with van der Waals surface area (Å²) < 4.78 is 11.0. The van der Waals surface area contributed by atoms with Crippen molar-refractivity contribution in [2.24, 2.45) is 0 Å². The zero-order valence-corrected chi connectivity index (χ0v) is 13.7. The smallest absolute Gasteiger partial charge is 0.313 e. The van der Waals surface area contributed by atoms with Crippen LogP contribution in [0.25, 0.3) is 22.4 Å². The number of ether oxygens (including phenoxy) is 2. The highest BCUT2D eigenvalue weighted by Gasteiger charge is 2.18. The highest BCUT2D eigenvalue weighted by molar-refractivity contribution is 6.00. The molecule has 0 fully saturated rings. The van der Waals surface area contributed by atoms with E-state index in [2.05, 4.69) is 6.58 Å². The van der Waals surface area contributed by atoms with Crippen molar-refractivity contribution in [1.29, 1.82) is 0 Å². The summed E-state index contributed by atoms with van der Waals surface area (Å²) in [5.41, 5.74) is 3.78. The van der Waals surface area contributed by atoms with Crippen LogP contribution >= 0.6 is 0 Å². The zero-order valence-electron chi connectivity index (χ0n) is 13.7. The monoisotopic (exact) mass is 330 g/mol. The molecule has 1 unspecified atom stereocenters. The van der Waals surface area contributed by atoms with E-state index in [0.717, 1.165) is 33.0 Å². The summed E-state index contributed by atoms with van der Waals surface area (Å²) in [5.74, 6) is 0.549. The molecule has 0 aliphatic carbocycles. The fraction of sp³-hybridized carbons (Fsp3) is 0.0909. The molecule has 0 amide bonds. The van der Waals surface area contributed by atoms with E-state index in [1.165, 1.54) is 0 Å². The van der Waals surface area contributed by atoms with Gasteiger partial charge in [-0.2, -0.15) is 0 Å². The third-order valence-electron chi connectivity index (χ3n) is 4.34. The number of rotatable bonds is 0. The van der Waals surface area contributed by atoms with Gasteiger partial charge in [0, 0.05) is 5.56 Å². The average Bonchev–Trinajstić information content (AvgIpc) is 2.66. The molecule has 1 N–H and O–H groups in total. The Kier molecular flexibility index (Phi) is 4.10. The van der Waals surface area contributed by atoms with Crippen molar-refractivity contribution in [3.63, 3.8) is 0 Å². The molecule has 0 bridgehead atoms. The summed E-state index contributed by atoms with van der Waals surface area (Å²) in [5, 5.41) is 12.1. The van der Waals surface area contributed by atoms with E-state index in [9.17, 15) is 5.11 Å². The van der Waals surface area contributed by atoms with Gasteiger partial charge in [0.15, 0.2) is 0 Å². The van der Waals surface area contributed by atoms with E-state index in [1.54, 1.807) is 0 Å². The van der Waals surface area contributed by atoms with Crippen LogP contribution in [0.2, 0.25) is 0 Å². The largest absolute Gasteiger partial charge is 0.441 e. The Balaban J connectivity index is 2.00. The highest BCUT2D eigenvalue weighted by atomic mass is 16.8. The molecule has 0 saturated heterocycles. The van der Waals surface area contributed by atoms with Gasteiger partial charge in [-0.3, -0.25) is 0 Å². The minimum Gasteiger partial charge on any atom is -0.441 e. The lowest BCUT2D eigenvalue weighted by molar-refractivity contribution is -0.210. The number of hydrogen-bond donors (Lipinski definition) is 1. The van der Waals surface area contributed by atoms with E-state index in [0.29, 0.717) is 5.75 Å². The predicted molar refractivity (Wildman–Crippen MR) is 100 cm³/mol. The summed E-state index contributed by atoms with van der Waals surface area (Å²) in [4.78, 5) is 0. The molecule has 124 valence electrons. The lowest BCUT2D eigenvalue weighted by atomic mass is 9.91. The molecule has 0 spiro atoms. The van der Waals surface area contributed by atoms with Gasteiger partial charge in [-0.05, 0) is 33.5 Å². The Morgan fingerprint density at radius 1 is 0.960 bits per heavy atom. The first kappa shape index (κ1) is 15.6. The molecule has 3 heteroatoms. The van der Waals surface area contributed by atoms with Gasteiger partial charge in [0.1, 0.15) is 5.75 Å². The number of aliphatic hydroxyl groups excluding tert-OH is 1. The summed E-state index contributed by atoms with van der Waals surface area (Å²) in [7, 11) is 0. The summed E-state index contributed by atoms with van der Waals surface area (Å²) in [6, 6.07) is 20.0. The van der Waals surface area contributed by atoms with Crippen LogP contribution in [0.3, 0.4) is 0 Å². The van der Waals surface area contributed by atoms with Crippen molar-refractivity contribution >= 4 is 22.4 Å². The first-order valence-electron chi connectivity index (χ1n) is 8.17. The maximum atomic E-state index is 10.0. The Bertz CT molecular complexity index is 972. The van der Waals surface area contributed by atoms with E-state index in [4.69, 9.17) is 9.47 Å². The fourth-order valence-electron chi connectivity index (χ4n) is 3.17. The fourth-order valence-corrected chi connectivity index (χ4v) is 3.17. The number of fused-ring (bicyclic) bond motifs is 4. The second-order valence-electron chi connectivity index (χ2n) is 5.89. The number of hydrogen-bond acceptors (Lipinski definition) is 3. The van der Waals surface area contributed by atoms with Crippen LogP contribution in [-0.2, 0) is 4.74 Å². The van der Waals surface area contributed by atoms with Gasteiger partial charge in [-0.15, -0.1) is 0 Å². The van der Waals surface area contributed by atoms with Crippen molar-refractivity contribution in [3.05, 3.63) is 90.0 Å². The Labute approximate surface area is 146 Å². The molecular formula is C22H18O3. The molecule has 1 heterocycles. The van der Waals surface area contributed by atoms with Crippen LogP contribution in [0.1, 0.15) is 16.7 Å². The molecule has 0 saturated carbocycles. The lowest BCUT2D eigenvalue weighted by Crippen LogP contribution is -2.20. The molecule has 3 nitrogen and oxygen atoms in total. The second-order valence-corrected chi connectivity index (χ2v) is 5.89. The molecule has 3 aromatic carbocycles. The standard InChI is InChI=1S/C22H18O3/c1-15-18-10-4-2-7-16(18)9-6-14-24-22(23)25-20-13-12-17-8-3-5-11-19(17)21(15)20/h2-13,22-23H,1,14H2/b9-6-. The molecule has 3 aromatic rings. The number of benzene rings is 3. The van der Waals surface area contributed by atoms with Crippen molar-refractivity contribution in [2.45, 2.75) is 6.48 Å². The topological polar surface area (TPSA) is 38.7 Å². The van der Waals surface area contributed by atoms with Gasteiger partial charge in [-0.25, -0.2) is 0 Å². The van der Waals surface area contributed by atoms with Crippen LogP contribution in [0.15, 0.2) is 73.3 Å². The molecule has 0 aromatic heterocycles. The van der Waals surface area contributed by atoms with Crippen LogP contribution in [0.5, 0.6) is 5.75 Å².